The number of fused-ring (bicyclic) bond motifs is 1. The monoisotopic (exact) mass is 285 g/mol. The van der Waals surface area contributed by atoms with Crippen LogP contribution in [0.2, 0.25) is 5.02 Å². The van der Waals surface area contributed by atoms with Gasteiger partial charge in [0.25, 0.3) is 0 Å². The summed E-state index contributed by atoms with van der Waals surface area (Å²) in [5, 5.41) is 1.77. The Morgan fingerprint density at radius 1 is 1.05 bits per heavy atom. The van der Waals surface area contributed by atoms with Crippen LogP contribution in [0.1, 0.15) is 28.5 Å². The number of halogens is 1. The van der Waals surface area contributed by atoms with Gasteiger partial charge in [-0.3, -0.25) is 0 Å². The first-order chi connectivity index (χ1) is 9.56. The molecule has 2 N–H and O–H groups in total. The van der Waals surface area contributed by atoms with Crippen molar-refractivity contribution in [2.45, 2.75) is 19.9 Å². The number of nitrogens with two attached hydrogens (primary N) is 1. The number of rotatable bonds is 2. The number of para-hydroxylation sites is 1. The molecular formula is C17H16ClNO. The third kappa shape index (κ3) is 2.21. The zero-order valence-electron chi connectivity index (χ0n) is 11.5. The van der Waals surface area contributed by atoms with Gasteiger partial charge in [-0.1, -0.05) is 35.9 Å². The Labute approximate surface area is 123 Å². The lowest BCUT2D eigenvalue weighted by atomic mass is 10.00. The van der Waals surface area contributed by atoms with Crippen LogP contribution in [0.4, 0.5) is 0 Å². The maximum atomic E-state index is 6.35. The first-order valence-electron chi connectivity index (χ1n) is 6.57. The smallest absolute Gasteiger partial charge is 0.137 e. The quantitative estimate of drug-likeness (QED) is 0.738. The van der Waals surface area contributed by atoms with Gasteiger partial charge in [0.1, 0.15) is 11.3 Å². The second-order valence-corrected chi connectivity index (χ2v) is 5.56. The second-order valence-electron chi connectivity index (χ2n) is 5.12. The first-order valence-corrected chi connectivity index (χ1v) is 6.95. The summed E-state index contributed by atoms with van der Waals surface area (Å²) in [6.07, 6.45) is 0. The summed E-state index contributed by atoms with van der Waals surface area (Å²) < 4.78 is 5.94. The zero-order valence-corrected chi connectivity index (χ0v) is 12.2. The molecule has 102 valence electrons. The van der Waals surface area contributed by atoms with E-state index in [1.165, 1.54) is 0 Å². The molecule has 2 nitrogen and oxygen atoms in total. The van der Waals surface area contributed by atoms with Crippen LogP contribution >= 0.6 is 11.6 Å². The number of furan rings is 1. The molecule has 20 heavy (non-hydrogen) atoms. The highest BCUT2D eigenvalue weighted by Crippen LogP contribution is 2.30. The van der Waals surface area contributed by atoms with Gasteiger partial charge >= 0.3 is 0 Å². The number of hydrogen-bond acceptors (Lipinski definition) is 2. The molecule has 1 aromatic heterocycles. The van der Waals surface area contributed by atoms with E-state index in [4.69, 9.17) is 21.8 Å². The van der Waals surface area contributed by atoms with Gasteiger partial charge in [0.05, 0.1) is 6.04 Å². The first kappa shape index (κ1) is 13.2. The lowest BCUT2D eigenvalue weighted by Crippen LogP contribution is -2.12. The molecule has 0 radical (unpaired) electrons. The Hall–Kier alpha value is -1.77. The molecule has 0 aliphatic rings. The lowest BCUT2D eigenvalue weighted by Gasteiger charge is -2.12. The predicted octanol–water partition coefficient (Wildman–Crippen LogP) is 4.75. The van der Waals surface area contributed by atoms with Crippen molar-refractivity contribution in [1.29, 1.82) is 0 Å². The molecule has 3 aromatic rings. The minimum Gasteiger partial charge on any atom is -0.459 e. The summed E-state index contributed by atoms with van der Waals surface area (Å²) in [4.78, 5) is 0. The van der Waals surface area contributed by atoms with E-state index >= 15 is 0 Å². The molecule has 1 unspecified atom stereocenters. The fourth-order valence-electron chi connectivity index (χ4n) is 2.48. The Morgan fingerprint density at radius 2 is 1.85 bits per heavy atom. The number of aryl methyl sites for hydroxylation is 2. The average Bonchev–Trinajstić information content (AvgIpc) is 2.86. The molecule has 0 saturated heterocycles. The van der Waals surface area contributed by atoms with Crippen LogP contribution < -0.4 is 5.73 Å². The zero-order chi connectivity index (χ0) is 14.3. The van der Waals surface area contributed by atoms with Crippen LogP contribution in [-0.4, -0.2) is 0 Å². The van der Waals surface area contributed by atoms with Gasteiger partial charge < -0.3 is 10.2 Å². The van der Waals surface area contributed by atoms with Gasteiger partial charge in [0.15, 0.2) is 0 Å². The summed E-state index contributed by atoms with van der Waals surface area (Å²) in [5.41, 5.74) is 10.5. The molecule has 0 saturated carbocycles. The van der Waals surface area contributed by atoms with E-state index in [0.717, 1.165) is 33.4 Å². The van der Waals surface area contributed by atoms with E-state index in [9.17, 15) is 0 Å². The van der Waals surface area contributed by atoms with E-state index in [2.05, 4.69) is 0 Å². The lowest BCUT2D eigenvalue weighted by molar-refractivity contribution is 0.523. The van der Waals surface area contributed by atoms with Gasteiger partial charge in [0, 0.05) is 10.4 Å². The van der Waals surface area contributed by atoms with Crippen LogP contribution in [0, 0.1) is 13.8 Å². The minimum absolute atomic E-state index is 0.305. The standard InChI is InChI=1S/C17H16ClNO/c1-10-6-7-13(18)9-14(10)16(19)15-8-12-5-3-4-11(2)17(12)20-15/h3-9,16H,19H2,1-2H3. The van der Waals surface area contributed by atoms with Crippen molar-refractivity contribution < 1.29 is 4.42 Å². The topological polar surface area (TPSA) is 39.2 Å². The van der Waals surface area contributed by atoms with Crippen molar-refractivity contribution in [3.8, 4) is 0 Å². The van der Waals surface area contributed by atoms with Crippen molar-refractivity contribution in [1.82, 2.24) is 0 Å². The molecule has 3 heteroatoms. The summed E-state index contributed by atoms with van der Waals surface area (Å²) >= 11 is 6.07. The summed E-state index contributed by atoms with van der Waals surface area (Å²) in [7, 11) is 0. The van der Waals surface area contributed by atoms with Gasteiger partial charge in [-0.15, -0.1) is 0 Å². The van der Waals surface area contributed by atoms with E-state index in [1.807, 2.05) is 56.3 Å². The van der Waals surface area contributed by atoms with Crippen LogP contribution in [-0.2, 0) is 0 Å². The van der Waals surface area contributed by atoms with E-state index in [1.54, 1.807) is 0 Å². The summed E-state index contributed by atoms with van der Waals surface area (Å²) in [6.45, 7) is 4.06. The molecule has 0 fully saturated rings. The molecule has 0 aliphatic carbocycles. The van der Waals surface area contributed by atoms with Crippen molar-refractivity contribution in [3.05, 3.63) is 69.9 Å². The molecule has 1 heterocycles. The molecule has 1 atom stereocenters. The van der Waals surface area contributed by atoms with Gasteiger partial charge in [-0.25, -0.2) is 0 Å². The molecular weight excluding hydrogens is 270 g/mol. The van der Waals surface area contributed by atoms with Gasteiger partial charge in [0.2, 0.25) is 0 Å². The Kier molecular flexibility index (Phi) is 3.28. The van der Waals surface area contributed by atoms with Crippen molar-refractivity contribution in [2.75, 3.05) is 0 Å². The van der Waals surface area contributed by atoms with Crippen LogP contribution in [0.3, 0.4) is 0 Å². The number of benzene rings is 2. The number of hydrogen-bond donors (Lipinski definition) is 1. The summed E-state index contributed by atoms with van der Waals surface area (Å²) in [6, 6.07) is 13.5. The Balaban J connectivity index is 2.10. The Bertz CT molecular complexity index is 776. The van der Waals surface area contributed by atoms with E-state index in [-0.39, 0.29) is 6.04 Å². The highest BCUT2D eigenvalue weighted by molar-refractivity contribution is 6.30. The van der Waals surface area contributed by atoms with Crippen LogP contribution in [0.15, 0.2) is 46.9 Å². The third-order valence-corrected chi connectivity index (χ3v) is 3.88. The third-order valence-electron chi connectivity index (χ3n) is 3.64. The maximum Gasteiger partial charge on any atom is 0.137 e. The molecule has 2 aromatic carbocycles. The fraction of sp³-hybridized carbons (Fsp3) is 0.176. The highest BCUT2D eigenvalue weighted by Gasteiger charge is 2.17. The van der Waals surface area contributed by atoms with Crippen molar-refractivity contribution >= 4 is 22.6 Å². The molecule has 0 amide bonds. The highest BCUT2D eigenvalue weighted by atomic mass is 35.5. The van der Waals surface area contributed by atoms with E-state index < -0.39 is 0 Å². The average molecular weight is 286 g/mol. The van der Waals surface area contributed by atoms with Crippen LogP contribution in [0.5, 0.6) is 0 Å². The van der Waals surface area contributed by atoms with Gasteiger partial charge in [-0.05, 0) is 48.7 Å². The maximum absolute atomic E-state index is 6.35. The fourth-order valence-corrected chi connectivity index (χ4v) is 2.66. The minimum atomic E-state index is -0.305. The normalized spacial score (nSPS) is 12.8. The molecule has 0 spiro atoms. The molecule has 0 aliphatic heterocycles. The Morgan fingerprint density at radius 3 is 2.60 bits per heavy atom. The molecule has 0 bridgehead atoms. The van der Waals surface area contributed by atoms with Gasteiger partial charge in [-0.2, -0.15) is 0 Å². The van der Waals surface area contributed by atoms with Crippen molar-refractivity contribution in [2.24, 2.45) is 5.73 Å². The second kappa shape index (κ2) is 4.97. The largest absolute Gasteiger partial charge is 0.459 e. The summed E-state index contributed by atoms with van der Waals surface area (Å²) in [5.74, 6) is 0.764. The predicted molar refractivity (Wildman–Crippen MR) is 83.2 cm³/mol. The van der Waals surface area contributed by atoms with E-state index in [0.29, 0.717) is 5.02 Å². The van der Waals surface area contributed by atoms with Crippen molar-refractivity contribution in [3.63, 3.8) is 0 Å². The van der Waals surface area contributed by atoms with Crippen LogP contribution in [0.25, 0.3) is 11.0 Å². The SMILES string of the molecule is Cc1ccc(Cl)cc1C(N)c1cc2cccc(C)c2o1. The molecule has 3 rings (SSSR count).